The van der Waals surface area contributed by atoms with Gasteiger partial charge in [-0.25, -0.2) is 19.4 Å². The van der Waals surface area contributed by atoms with Crippen molar-refractivity contribution in [2.75, 3.05) is 20.8 Å². The number of carbonyl (C=O) groups excluding carboxylic acids is 1. The fraction of sp³-hybridized carbons (Fsp3) is 0.423. The summed E-state index contributed by atoms with van der Waals surface area (Å²) in [6.07, 6.45) is 0.700. The summed E-state index contributed by atoms with van der Waals surface area (Å²) in [4.78, 5) is 36.3. The summed E-state index contributed by atoms with van der Waals surface area (Å²) < 4.78 is 24.5. The lowest BCUT2D eigenvalue weighted by Crippen LogP contribution is -2.48. The van der Waals surface area contributed by atoms with Gasteiger partial charge in [-0.2, -0.15) is 0 Å². The Morgan fingerprint density at radius 1 is 1.18 bits per heavy atom. The summed E-state index contributed by atoms with van der Waals surface area (Å²) in [5.41, 5.74) is 11.8. The molecule has 11 nitrogen and oxygen atoms in total. The molecule has 1 aromatic carbocycles. The van der Waals surface area contributed by atoms with Gasteiger partial charge in [0.25, 0.3) is 0 Å². The normalized spacial score (nSPS) is 26.5. The number of fused-ring (bicyclic) bond motifs is 1. The molecular weight excluding hydrogens is 493 g/mol. The molecule has 0 saturated carbocycles. The van der Waals surface area contributed by atoms with Gasteiger partial charge >= 0.3 is 5.97 Å². The van der Waals surface area contributed by atoms with E-state index in [1.54, 1.807) is 24.3 Å². The van der Waals surface area contributed by atoms with Crippen LogP contribution in [0.3, 0.4) is 0 Å². The molecule has 0 amide bonds. The van der Waals surface area contributed by atoms with Gasteiger partial charge in [-0.05, 0) is 37.1 Å². The highest BCUT2D eigenvalue weighted by Gasteiger charge is 2.40. The first-order valence-corrected chi connectivity index (χ1v) is 12.4. The molecule has 0 spiro atoms. The van der Waals surface area contributed by atoms with E-state index in [0.29, 0.717) is 42.4 Å². The summed E-state index contributed by atoms with van der Waals surface area (Å²) in [6, 6.07) is 8.85. The largest absolute Gasteiger partial charge is 0.481 e. The molecular formula is C26H30FN7O4. The van der Waals surface area contributed by atoms with Crippen LogP contribution in [-0.2, 0) is 14.4 Å². The number of hydrogen-bond donors (Lipinski definition) is 3. The molecule has 1 saturated heterocycles. The first-order valence-electron chi connectivity index (χ1n) is 12.4. The Kier molecular flexibility index (Phi) is 7.34. The van der Waals surface area contributed by atoms with Crippen LogP contribution in [-0.4, -0.2) is 67.4 Å². The number of carbonyl (C=O) groups is 1. The maximum atomic E-state index is 14.4. The molecule has 12 heteroatoms. The molecule has 38 heavy (non-hydrogen) atoms. The van der Waals surface area contributed by atoms with Crippen molar-refractivity contribution in [2.24, 2.45) is 26.6 Å². The number of ether oxygens (including phenoxy) is 2. The third kappa shape index (κ3) is 5.22. The van der Waals surface area contributed by atoms with Crippen molar-refractivity contribution in [3.05, 3.63) is 47.8 Å². The Balaban J connectivity index is 1.47. The molecule has 0 aliphatic carbocycles. The van der Waals surface area contributed by atoms with Crippen LogP contribution >= 0.6 is 0 Å². The smallest absolute Gasteiger partial charge is 0.322 e. The summed E-state index contributed by atoms with van der Waals surface area (Å²) in [5.74, 6) is 0.195. The van der Waals surface area contributed by atoms with Crippen LogP contribution in [0.15, 0.2) is 51.4 Å². The monoisotopic (exact) mass is 523 g/mol. The number of rotatable bonds is 6. The molecule has 0 radical (unpaired) electrons. The molecule has 200 valence electrons. The van der Waals surface area contributed by atoms with E-state index < -0.39 is 12.1 Å². The first-order chi connectivity index (χ1) is 18.4. The zero-order chi connectivity index (χ0) is 26.8. The SMILES string of the molecule is COC(=O)[C@@H]1C[C@@H](ONC2=NC(c3ccc(F)cc3-c3cccc(OC)n3)C[C@H]3N=C(N)N=C(C)C23)CN1. The van der Waals surface area contributed by atoms with Crippen molar-refractivity contribution in [3.8, 4) is 17.1 Å². The average Bonchev–Trinajstić information content (AvgIpc) is 3.40. The summed E-state index contributed by atoms with van der Waals surface area (Å²) in [5, 5.41) is 3.10. The number of methoxy groups -OCH3 is 2. The molecule has 4 N–H and O–H groups in total. The highest BCUT2D eigenvalue weighted by atomic mass is 19.1. The van der Waals surface area contributed by atoms with Gasteiger partial charge < -0.3 is 20.5 Å². The number of amidine groups is 1. The first kappa shape index (κ1) is 25.7. The van der Waals surface area contributed by atoms with E-state index in [0.717, 1.165) is 11.3 Å². The van der Waals surface area contributed by atoms with E-state index in [9.17, 15) is 9.18 Å². The topological polar surface area (TPSA) is 145 Å². The number of esters is 1. The third-order valence-electron chi connectivity index (χ3n) is 6.97. The van der Waals surface area contributed by atoms with Crippen LogP contribution in [0.2, 0.25) is 0 Å². The van der Waals surface area contributed by atoms with Crippen LogP contribution in [0, 0.1) is 11.7 Å². The summed E-state index contributed by atoms with van der Waals surface area (Å²) >= 11 is 0. The highest BCUT2D eigenvalue weighted by Crippen LogP contribution is 2.39. The number of hydrogen-bond acceptors (Lipinski definition) is 11. The summed E-state index contributed by atoms with van der Waals surface area (Å²) in [6.45, 7) is 2.35. The Hall–Kier alpha value is -3.90. The standard InChI is InChI=1S/C26H30FN7O4/c1-13-23-20(33-26(28)30-13)11-19(32-24(23)34-38-15-10-21(29-12-15)25(35)37-3)16-8-7-14(27)9-17(16)18-5-4-6-22(31-18)36-2/h4-9,15,19-21,23,29H,10-12H2,1-3H3,(H2,28,33)(H,32,34)/t15-,19?,20-,21+,23?/m1/s1. The van der Waals surface area contributed by atoms with Crippen LogP contribution in [0.25, 0.3) is 11.3 Å². The lowest BCUT2D eigenvalue weighted by Gasteiger charge is -2.36. The average molecular weight is 524 g/mol. The Morgan fingerprint density at radius 3 is 2.82 bits per heavy atom. The number of benzene rings is 1. The predicted octanol–water partition coefficient (Wildman–Crippen LogP) is 1.94. The van der Waals surface area contributed by atoms with Crippen LogP contribution in [0.1, 0.15) is 31.4 Å². The van der Waals surface area contributed by atoms with E-state index in [1.165, 1.54) is 26.4 Å². The minimum Gasteiger partial charge on any atom is -0.481 e. The van der Waals surface area contributed by atoms with Gasteiger partial charge in [-0.1, -0.05) is 12.1 Å². The van der Waals surface area contributed by atoms with Crippen molar-refractivity contribution < 1.29 is 23.5 Å². The lowest BCUT2D eigenvalue weighted by molar-refractivity contribution is -0.142. The molecule has 2 unspecified atom stereocenters. The van der Waals surface area contributed by atoms with Crippen molar-refractivity contribution in [1.82, 2.24) is 15.8 Å². The number of halogens is 1. The molecule has 5 rings (SSSR count). The van der Waals surface area contributed by atoms with Crippen molar-refractivity contribution >= 4 is 23.5 Å². The number of hydroxylamine groups is 1. The number of nitrogens with one attached hydrogen (secondary N) is 2. The van der Waals surface area contributed by atoms with Gasteiger partial charge in [0.2, 0.25) is 11.8 Å². The van der Waals surface area contributed by atoms with Crippen LogP contribution in [0.4, 0.5) is 4.39 Å². The van der Waals surface area contributed by atoms with E-state index in [2.05, 4.69) is 25.8 Å². The Bertz CT molecular complexity index is 1310. The fourth-order valence-corrected chi connectivity index (χ4v) is 5.16. The second kappa shape index (κ2) is 10.8. The second-order valence-corrected chi connectivity index (χ2v) is 9.41. The fourth-order valence-electron chi connectivity index (χ4n) is 5.16. The van der Waals surface area contributed by atoms with Gasteiger partial charge in [0, 0.05) is 30.3 Å². The van der Waals surface area contributed by atoms with Crippen LogP contribution in [0.5, 0.6) is 5.88 Å². The Morgan fingerprint density at radius 2 is 2.03 bits per heavy atom. The number of aliphatic imine (C=N–C) groups is 3. The number of guanidine groups is 1. The molecule has 1 fully saturated rings. The third-order valence-corrected chi connectivity index (χ3v) is 6.97. The number of aromatic nitrogens is 1. The zero-order valence-corrected chi connectivity index (χ0v) is 21.3. The van der Waals surface area contributed by atoms with Crippen LogP contribution < -0.4 is 21.3 Å². The van der Waals surface area contributed by atoms with Gasteiger partial charge in [0.15, 0.2) is 0 Å². The zero-order valence-electron chi connectivity index (χ0n) is 21.3. The van der Waals surface area contributed by atoms with Gasteiger partial charge in [-0.15, -0.1) is 0 Å². The molecule has 0 bridgehead atoms. The van der Waals surface area contributed by atoms with Gasteiger partial charge in [0.05, 0.1) is 44.0 Å². The van der Waals surface area contributed by atoms with E-state index in [1.807, 2.05) is 6.92 Å². The molecule has 2 aromatic rings. The van der Waals surface area contributed by atoms with E-state index >= 15 is 0 Å². The maximum absolute atomic E-state index is 14.4. The maximum Gasteiger partial charge on any atom is 0.322 e. The molecule has 4 heterocycles. The van der Waals surface area contributed by atoms with Crippen molar-refractivity contribution in [2.45, 2.75) is 44.0 Å². The number of nitrogens with zero attached hydrogens (tertiary/aromatic N) is 4. The quantitative estimate of drug-likeness (QED) is 0.385. The number of nitrogens with two attached hydrogens (primary N) is 1. The lowest BCUT2D eigenvalue weighted by atomic mass is 9.82. The van der Waals surface area contributed by atoms with E-state index in [4.69, 9.17) is 25.0 Å². The molecule has 3 aliphatic heterocycles. The van der Waals surface area contributed by atoms with Crippen molar-refractivity contribution in [1.29, 1.82) is 0 Å². The molecule has 1 aromatic heterocycles. The predicted molar refractivity (Wildman–Crippen MR) is 139 cm³/mol. The molecule has 5 atom stereocenters. The Labute approximate surface area is 219 Å². The second-order valence-electron chi connectivity index (χ2n) is 9.41. The van der Waals surface area contributed by atoms with Crippen molar-refractivity contribution in [3.63, 3.8) is 0 Å². The minimum atomic E-state index is -0.430. The van der Waals surface area contributed by atoms with E-state index in [-0.39, 0.29) is 35.8 Å². The molecule has 3 aliphatic rings. The summed E-state index contributed by atoms with van der Waals surface area (Å²) in [7, 11) is 2.89. The van der Waals surface area contributed by atoms with Gasteiger partial charge in [-0.3, -0.25) is 20.1 Å². The number of pyridine rings is 1. The highest BCUT2D eigenvalue weighted by molar-refractivity contribution is 6.11. The minimum absolute atomic E-state index is 0.208. The van der Waals surface area contributed by atoms with Gasteiger partial charge in [0.1, 0.15) is 17.7 Å².